The molecule has 1 N–H and O–H groups in total. The number of rotatable bonds is 2. The number of β-amino-alcohol motifs (C(OH)–C–C–N with tert-alkyl or cyclic N) is 1. The van der Waals surface area contributed by atoms with E-state index in [1.165, 1.54) is 37.3 Å². The summed E-state index contributed by atoms with van der Waals surface area (Å²) in [6.07, 6.45) is 5.92. The van der Waals surface area contributed by atoms with Gasteiger partial charge in [-0.05, 0) is 12.8 Å². The molecule has 2 aliphatic rings. The molecule has 0 unspecified atom stereocenters. The summed E-state index contributed by atoms with van der Waals surface area (Å²) in [4.78, 5) is 31.1. The fraction of sp³-hybridized carbons (Fsp3) is 0.688. The zero-order chi connectivity index (χ0) is 17.0. The number of aryl methyl sites for hydroxylation is 1. The van der Waals surface area contributed by atoms with E-state index in [0.29, 0.717) is 18.2 Å². The van der Waals surface area contributed by atoms with Gasteiger partial charge in [0.25, 0.3) is 5.56 Å². The second-order valence-corrected chi connectivity index (χ2v) is 7.06. The normalized spacial score (nSPS) is 26.0. The molecule has 2 atom stereocenters. The molecular formula is C16H23N5O3. The lowest BCUT2D eigenvalue weighted by molar-refractivity contribution is 0.139. The third-order valence-electron chi connectivity index (χ3n) is 5.65. The first-order chi connectivity index (χ1) is 11.5. The average Bonchev–Trinajstić information content (AvgIpc) is 3.29. The second-order valence-electron chi connectivity index (χ2n) is 7.06. The first-order valence-electron chi connectivity index (χ1n) is 8.53. The SMILES string of the molecule is Cn1c(=O)c2ncn([C@@H]3CN(C4CCCC4)C[C@H]3O)c2n(C)c1=O. The summed E-state index contributed by atoms with van der Waals surface area (Å²) in [6, 6.07) is 0.351. The van der Waals surface area contributed by atoms with Crippen molar-refractivity contribution >= 4 is 11.2 Å². The Morgan fingerprint density at radius 1 is 1.12 bits per heavy atom. The fourth-order valence-corrected chi connectivity index (χ4v) is 4.28. The number of fused-ring (bicyclic) bond motifs is 1. The molecule has 0 amide bonds. The lowest BCUT2D eigenvalue weighted by atomic mass is 10.2. The van der Waals surface area contributed by atoms with Crippen molar-refractivity contribution in [1.82, 2.24) is 23.6 Å². The van der Waals surface area contributed by atoms with Gasteiger partial charge in [0.1, 0.15) is 5.65 Å². The predicted octanol–water partition coefficient (Wildman–Crippen LogP) is -0.406. The summed E-state index contributed by atoms with van der Waals surface area (Å²) in [6.45, 7) is 1.36. The van der Waals surface area contributed by atoms with Crippen LogP contribution in [-0.4, -0.2) is 53.9 Å². The van der Waals surface area contributed by atoms with Crippen LogP contribution >= 0.6 is 0 Å². The minimum Gasteiger partial charge on any atom is -0.390 e. The van der Waals surface area contributed by atoms with Crippen LogP contribution in [0.3, 0.4) is 0 Å². The Hall–Kier alpha value is -1.93. The number of hydrogen-bond donors (Lipinski definition) is 1. The van der Waals surface area contributed by atoms with Crippen molar-refractivity contribution in [2.24, 2.45) is 14.1 Å². The van der Waals surface area contributed by atoms with Crippen molar-refractivity contribution < 1.29 is 5.11 Å². The minimum absolute atomic E-state index is 0.187. The molecule has 2 aromatic heterocycles. The third-order valence-corrected chi connectivity index (χ3v) is 5.65. The second kappa shape index (κ2) is 5.56. The first kappa shape index (κ1) is 15.6. The standard InChI is InChI=1S/C16H23N5O3/c1-18-14-13(15(23)19(2)16(18)24)17-9-21(14)11-7-20(8-12(11)22)10-5-3-4-6-10/h9-12,22H,3-8H2,1-2H3/t11-,12-/m1/s1. The van der Waals surface area contributed by atoms with Gasteiger partial charge in [0.15, 0.2) is 5.52 Å². The van der Waals surface area contributed by atoms with E-state index in [1.807, 2.05) is 0 Å². The van der Waals surface area contributed by atoms with Crippen molar-refractivity contribution in [3.05, 3.63) is 27.2 Å². The summed E-state index contributed by atoms with van der Waals surface area (Å²) in [5, 5.41) is 10.6. The molecule has 0 spiro atoms. The van der Waals surface area contributed by atoms with Crippen LogP contribution in [0.1, 0.15) is 31.7 Å². The van der Waals surface area contributed by atoms with Gasteiger partial charge in [-0.25, -0.2) is 9.78 Å². The van der Waals surface area contributed by atoms with Gasteiger partial charge in [0, 0.05) is 33.2 Å². The van der Waals surface area contributed by atoms with Gasteiger partial charge in [-0.1, -0.05) is 12.8 Å². The van der Waals surface area contributed by atoms with E-state index < -0.39 is 11.7 Å². The third kappa shape index (κ3) is 2.16. The average molecular weight is 333 g/mol. The maximum Gasteiger partial charge on any atom is 0.332 e. The molecule has 8 nitrogen and oxygen atoms in total. The van der Waals surface area contributed by atoms with Crippen LogP contribution in [0.15, 0.2) is 15.9 Å². The van der Waals surface area contributed by atoms with Crippen molar-refractivity contribution in [2.75, 3.05) is 13.1 Å². The van der Waals surface area contributed by atoms with E-state index >= 15 is 0 Å². The minimum atomic E-state index is -0.526. The Labute approximate surface area is 138 Å². The summed E-state index contributed by atoms with van der Waals surface area (Å²) in [5.74, 6) is 0. The smallest absolute Gasteiger partial charge is 0.332 e. The summed E-state index contributed by atoms with van der Waals surface area (Å²) in [7, 11) is 3.09. The quantitative estimate of drug-likeness (QED) is 0.808. The zero-order valence-corrected chi connectivity index (χ0v) is 14.1. The highest BCUT2D eigenvalue weighted by Crippen LogP contribution is 2.31. The Morgan fingerprint density at radius 2 is 1.83 bits per heavy atom. The number of likely N-dealkylation sites (tertiary alicyclic amines) is 1. The van der Waals surface area contributed by atoms with Gasteiger partial charge in [-0.2, -0.15) is 0 Å². The monoisotopic (exact) mass is 333 g/mol. The molecule has 1 saturated heterocycles. The largest absolute Gasteiger partial charge is 0.390 e. The number of aromatic nitrogens is 4. The van der Waals surface area contributed by atoms with E-state index in [1.54, 1.807) is 17.9 Å². The first-order valence-corrected chi connectivity index (χ1v) is 8.53. The molecule has 130 valence electrons. The number of hydrogen-bond acceptors (Lipinski definition) is 5. The number of aliphatic hydroxyl groups excluding tert-OH is 1. The Balaban J connectivity index is 1.77. The molecule has 1 aliphatic carbocycles. The van der Waals surface area contributed by atoms with Crippen LogP contribution in [0, 0.1) is 0 Å². The van der Waals surface area contributed by atoms with Crippen LogP contribution in [0.25, 0.3) is 11.2 Å². The summed E-state index contributed by atoms with van der Waals surface area (Å²) < 4.78 is 4.31. The molecule has 0 radical (unpaired) electrons. The highest BCUT2D eigenvalue weighted by molar-refractivity contribution is 5.70. The van der Waals surface area contributed by atoms with Gasteiger partial charge >= 0.3 is 5.69 Å². The van der Waals surface area contributed by atoms with Gasteiger partial charge in [0.05, 0.1) is 18.5 Å². The maximum absolute atomic E-state index is 12.3. The maximum atomic E-state index is 12.3. The molecule has 2 aromatic rings. The lowest BCUT2D eigenvalue weighted by Gasteiger charge is -2.23. The molecule has 2 fully saturated rings. The topological polar surface area (TPSA) is 85.3 Å². The van der Waals surface area contributed by atoms with E-state index in [-0.39, 0.29) is 17.2 Å². The molecule has 0 aromatic carbocycles. The fourth-order valence-electron chi connectivity index (χ4n) is 4.28. The molecule has 1 aliphatic heterocycles. The highest BCUT2D eigenvalue weighted by atomic mass is 16.3. The number of aliphatic hydroxyl groups is 1. The van der Waals surface area contributed by atoms with Gasteiger partial charge in [-0.15, -0.1) is 0 Å². The summed E-state index contributed by atoms with van der Waals surface area (Å²) >= 11 is 0. The molecule has 1 saturated carbocycles. The van der Waals surface area contributed by atoms with Crippen LogP contribution in [-0.2, 0) is 14.1 Å². The van der Waals surface area contributed by atoms with Gasteiger partial charge in [-0.3, -0.25) is 18.8 Å². The molecule has 0 bridgehead atoms. The molecular weight excluding hydrogens is 310 g/mol. The van der Waals surface area contributed by atoms with Crippen molar-refractivity contribution in [3.8, 4) is 0 Å². The van der Waals surface area contributed by atoms with Gasteiger partial charge in [0.2, 0.25) is 0 Å². The molecule has 8 heteroatoms. The van der Waals surface area contributed by atoms with E-state index in [4.69, 9.17) is 0 Å². The molecule has 24 heavy (non-hydrogen) atoms. The number of imidazole rings is 1. The van der Waals surface area contributed by atoms with E-state index in [0.717, 1.165) is 11.1 Å². The van der Waals surface area contributed by atoms with E-state index in [2.05, 4.69) is 9.88 Å². The molecule has 3 heterocycles. The predicted molar refractivity (Wildman–Crippen MR) is 89.1 cm³/mol. The Bertz CT molecular complexity index is 889. The highest BCUT2D eigenvalue weighted by Gasteiger charge is 2.38. The summed E-state index contributed by atoms with van der Waals surface area (Å²) in [5.41, 5.74) is -0.0205. The van der Waals surface area contributed by atoms with Crippen LogP contribution < -0.4 is 11.2 Å². The van der Waals surface area contributed by atoms with Crippen LogP contribution in [0.5, 0.6) is 0 Å². The zero-order valence-electron chi connectivity index (χ0n) is 14.1. The molecule has 4 rings (SSSR count). The number of nitrogens with zero attached hydrogens (tertiary/aromatic N) is 5. The van der Waals surface area contributed by atoms with Crippen molar-refractivity contribution in [2.45, 2.75) is 43.9 Å². The Morgan fingerprint density at radius 3 is 2.54 bits per heavy atom. The van der Waals surface area contributed by atoms with Crippen LogP contribution in [0.2, 0.25) is 0 Å². The van der Waals surface area contributed by atoms with Crippen molar-refractivity contribution in [1.29, 1.82) is 0 Å². The lowest BCUT2D eigenvalue weighted by Crippen LogP contribution is -2.38. The van der Waals surface area contributed by atoms with Gasteiger partial charge < -0.3 is 9.67 Å². The van der Waals surface area contributed by atoms with E-state index in [9.17, 15) is 14.7 Å². The Kier molecular flexibility index (Phi) is 3.61. The van der Waals surface area contributed by atoms with Crippen molar-refractivity contribution in [3.63, 3.8) is 0 Å². The van der Waals surface area contributed by atoms with Crippen LogP contribution in [0.4, 0.5) is 0 Å².